The van der Waals surface area contributed by atoms with Crippen molar-refractivity contribution in [2.75, 3.05) is 61.8 Å². The summed E-state index contributed by atoms with van der Waals surface area (Å²) in [6.07, 6.45) is 4.18. The summed E-state index contributed by atoms with van der Waals surface area (Å²) in [6, 6.07) is 15.2. The number of anilines is 5. The van der Waals surface area contributed by atoms with Gasteiger partial charge in [0.05, 0.1) is 22.9 Å². The summed E-state index contributed by atoms with van der Waals surface area (Å²) in [7, 11) is 2.22. The molecule has 2 aliphatic heterocycles. The van der Waals surface area contributed by atoms with E-state index in [0.29, 0.717) is 22.8 Å². The Bertz CT molecular complexity index is 1280. The fourth-order valence-corrected chi connectivity index (χ4v) is 5.99. The Labute approximate surface area is 247 Å². The van der Waals surface area contributed by atoms with Gasteiger partial charge in [-0.15, -0.1) is 0 Å². The first kappa shape index (κ1) is 29.0. The maximum atomic E-state index is 6.47. The number of nitrogens with zero attached hydrogens (tertiary/aromatic N) is 5. The van der Waals surface area contributed by atoms with Crippen LogP contribution in [0.4, 0.5) is 28.8 Å². The highest BCUT2D eigenvalue weighted by molar-refractivity contribution is 7.94. The number of para-hydroxylation sites is 1. The number of benzene rings is 2. The molecular formula is C30H40ClN7OS. The maximum Gasteiger partial charge on any atom is 0.229 e. The molecule has 0 amide bonds. The predicted octanol–water partition coefficient (Wildman–Crippen LogP) is 6.57. The maximum absolute atomic E-state index is 6.47. The van der Waals surface area contributed by atoms with Crippen molar-refractivity contribution >= 4 is 52.5 Å². The number of rotatable bonds is 9. The van der Waals surface area contributed by atoms with Gasteiger partial charge in [0, 0.05) is 68.7 Å². The largest absolute Gasteiger partial charge is 0.371 e. The standard InChI is InChI=1S/C30H40ClN7OS/c1-21(2)39-40-28-8-6-5-7-27(28)33-29-25(31)20-32-30(35-29)34-26-10-9-24(19-22(26)3)37-13-11-23(12-14-37)38-17-15-36(4)16-18-38/h5-10,19-21,23H,11-18H2,1-4H3,(H2,32,33,34,35). The molecule has 0 spiro atoms. The number of aryl methyl sites for hydroxylation is 1. The van der Waals surface area contributed by atoms with Gasteiger partial charge >= 0.3 is 0 Å². The summed E-state index contributed by atoms with van der Waals surface area (Å²) in [4.78, 5) is 17.7. The average Bonchev–Trinajstić information content (AvgIpc) is 2.96. The predicted molar refractivity (Wildman–Crippen MR) is 168 cm³/mol. The number of piperazine rings is 1. The van der Waals surface area contributed by atoms with Gasteiger partial charge in [-0.2, -0.15) is 4.98 Å². The molecular weight excluding hydrogens is 542 g/mol. The molecule has 2 saturated heterocycles. The van der Waals surface area contributed by atoms with Crippen molar-refractivity contribution in [1.29, 1.82) is 0 Å². The minimum atomic E-state index is 0.111. The first-order chi connectivity index (χ1) is 19.4. The molecule has 1 aromatic heterocycles. The van der Waals surface area contributed by atoms with Crippen LogP contribution in [0.5, 0.6) is 0 Å². The number of piperidine rings is 1. The fourth-order valence-electron chi connectivity index (χ4n) is 5.21. The molecule has 2 N–H and O–H groups in total. The van der Waals surface area contributed by atoms with Gasteiger partial charge in [-0.1, -0.05) is 23.7 Å². The van der Waals surface area contributed by atoms with E-state index in [2.05, 4.69) is 67.5 Å². The van der Waals surface area contributed by atoms with Gasteiger partial charge in [-0.25, -0.2) is 4.98 Å². The number of hydrogen-bond donors (Lipinski definition) is 2. The van der Waals surface area contributed by atoms with E-state index in [1.165, 1.54) is 56.8 Å². The lowest BCUT2D eigenvalue weighted by molar-refractivity contribution is 0.0982. The van der Waals surface area contributed by atoms with Crippen LogP contribution in [0.15, 0.2) is 53.6 Å². The van der Waals surface area contributed by atoms with Gasteiger partial charge in [-0.3, -0.25) is 4.90 Å². The first-order valence-electron chi connectivity index (χ1n) is 14.1. The Kier molecular flexibility index (Phi) is 9.70. The van der Waals surface area contributed by atoms with E-state index in [-0.39, 0.29) is 6.10 Å². The van der Waals surface area contributed by atoms with Crippen molar-refractivity contribution in [3.05, 3.63) is 59.2 Å². The van der Waals surface area contributed by atoms with E-state index in [4.69, 9.17) is 15.8 Å². The zero-order chi connectivity index (χ0) is 28.1. The van der Waals surface area contributed by atoms with E-state index < -0.39 is 0 Å². The monoisotopic (exact) mass is 581 g/mol. The quantitative estimate of drug-likeness (QED) is 0.273. The van der Waals surface area contributed by atoms with Crippen LogP contribution in [-0.2, 0) is 4.18 Å². The van der Waals surface area contributed by atoms with Crippen molar-refractivity contribution in [3.8, 4) is 0 Å². The summed E-state index contributed by atoms with van der Waals surface area (Å²) in [5.41, 5.74) is 4.28. The summed E-state index contributed by atoms with van der Waals surface area (Å²) >= 11 is 7.81. The molecule has 10 heteroatoms. The van der Waals surface area contributed by atoms with E-state index in [9.17, 15) is 0 Å². The Morgan fingerprint density at radius 2 is 1.73 bits per heavy atom. The molecule has 3 heterocycles. The van der Waals surface area contributed by atoms with Crippen LogP contribution in [0.3, 0.4) is 0 Å². The molecule has 0 atom stereocenters. The average molecular weight is 582 g/mol. The zero-order valence-electron chi connectivity index (χ0n) is 23.9. The summed E-state index contributed by atoms with van der Waals surface area (Å²) < 4.78 is 5.73. The normalized spacial score (nSPS) is 17.4. The van der Waals surface area contributed by atoms with Gasteiger partial charge in [0.25, 0.3) is 0 Å². The second-order valence-electron chi connectivity index (χ2n) is 10.9. The van der Waals surface area contributed by atoms with Crippen molar-refractivity contribution in [3.63, 3.8) is 0 Å². The molecule has 5 rings (SSSR count). The number of halogens is 1. The minimum absolute atomic E-state index is 0.111. The molecule has 2 aromatic carbocycles. The number of aromatic nitrogens is 2. The topological polar surface area (TPSA) is 68.8 Å². The molecule has 0 radical (unpaired) electrons. The molecule has 2 fully saturated rings. The summed E-state index contributed by atoms with van der Waals surface area (Å²) in [6.45, 7) is 13.1. The molecule has 8 nitrogen and oxygen atoms in total. The molecule has 0 unspecified atom stereocenters. The second kappa shape index (κ2) is 13.4. The van der Waals surface area contributed by atoms with Crippen LogP contribution < -0.4 is 15.5 Å². The molecule has 40 heavy (non-hydrogen) atoms. The van der Waals surface area contributed by atoms with Gasteiger partial charge < -0.3 is 24.6 Å². The highest BCUT2D eigenvalue weighted by Gasteiger charge is 2.27. The number of likely N-dealkylation sites (N-methyl/N-ethyl adjacent to an activating group) is 1. The third kappa shape index (κ3) is 7.39. The van der Waals surface area contributed by atoms with E-state index in [0.717, 1.165) is 34.9 Å². The molecule has 0 bridgehead atoms. The van der Waals surface area contributed by atoms with E-state index in [1.807, 2.05) is 38.1 Å². The van der Waals surface area contributed by atoms with Crippen LogP contribution in [0.25, 0.3) is 0 Å². The van der Waals surface area contributed by atoms with Gasteiger partial charge in [0.2, 0.25) is 5.95 Å². The lowest BCUT2D eigenvalue weighted by atomic mass is 10.0. The van der Waals surface area contributed by atoms with Crippen LogP contribution in [-0.4, -0.2) is 78.2 Å². The lowest BCUT2D eigenvalue weighted by Crippen LogP contribution is -2.52. The highest BCUT2D eigenvalue weighted by atomic mass is 35.5. The third-order valence-corrected chi connectivity index (χ3v) is 8.85. The second-order valence-corrected chi connectivity index (χ2v) is 12.1. The summed E-state index contributed by atoms with van der Waals surface area (Å²) in [5, 5.41) is 7.18. The van der Waals surface area contributed by atoms with Crippen LogP contribution in [0.2, 0.25) is 5.02 Å². The SMILES string of the molecule is Cc1cc(N2CCC(N3CCN(C)CC3)CC2)ccc1Nc1ncc(Cl)c(Nc2ccccc2SOC(C)C)n1. The van der Waals surface area contributed by atoms with Gasteiger partial charge in [-0.05, 0) is 76.6 Å². The molecule has 214 valence electrons. The highest BCUT2D eigenvalue weighted by Crippen LogP contribution is 2.33. The molecule has 2 aliphatic rings. The third-order valence-electron chi connectivity index (χ3n) is 7.55. The van der Waals surface area contributed by atoms with Crippen molar-refractivity contribution in [2.24, 2.45) is 0 Å². The van der Waals surface area contributed by atoms with Crippen molar-refractivity contribution < 1.29 is 4.18 Å². The van der Waals surface area contributed by atoms with Crippen molar-refractivity contribution in [1.82, 2.24) is 19.8 Å². The number of hydrogen-bond acceptors (Lipinski definition) is 9. The zero-order valence-corrected chi connectivity index (χ0v) is 25.4. The Balaban J connectivity index is 1.22. The fraction of sp³-hybridized carbons (Fsp3) is 0.467. The minimum Gasteiger partial charge on any atom is -0.371 e. The van der Waals surface area contributed by atoms with Crippen molar-refractivity contribution in [2.45, 2.75) is 50.7 Å². The smallest absolute Gasteiger partial charge is 0.229 e. The lowest BCUT2D eigenvalue weighted by Gasteiger charge is -2.42. The Morgan fingerprint density at radius 1 is 0.975 bits per heavy atom. The Hall–Kier alpha value is -2.56. The van der Waals surface area contributed by atoms with E-state index in [1.54, 1.807) is 6.20 Å². The van der Waals surface area contributed by atoms with Gasteiger partial charge in [0.1, 0.15) is 5.02 Å². The van der Waals surface area contributed by atoms with Gasteiger partial charge in [0.15, 0.2) is 5.82 Å². The van der Waals surface area contributed by atoms with E-state index >= 15 is 0 Å². The molecule has 0 aliphatic carbocycles. The van der Waals surface area contributed by atoms with Crippen LogP contribution in [0.1, 0.15) is 32.3 Å². The Morgan fingerprint density at radius 3 is 2.45 bits per heavy atom. The van der Waals surface area contributed by atoms with Crippen LogP contribution in [0, 0.1) is 6.92 Å². The molecule has 0 saturated carbocycles. The summed E-state index contributed by atoms with van der Waals surface area (Å²) in [5.74, 6) is 1.02. The molecule has 3 aromatic rings. The first-order valence-corrected chi connectivity index (χ1v) is 15.2. The van der Waals surface area contributed by atoms with Crippen LogP contribution >= 0.6 is 23.6 Å². The number of nitrogens with one attached hydrogen (secondary N) is 2.